The van der Waals surface area contributed by atoms with E-state index < -0.39 is 11.2 Å². The number of nitrogens with zero attached hydrogens (tertiary/aromatic N) is 5. The van der Waals surface area contributed by atoms with E-state index in [1.807, 2.05) is 0 Å². The first-order valence-corrected chi connectivity index (χ1v) is 13.1. The molecular formula is C29H35FN6O2. The average Bonchev–Trinajstić information content (AvgIpc) is 3.27. The number of fused-ring (bicyclic) bond motifs is 1. The molecule has 1 aliphatic heterocycles. The molecule has 38 heavy (non-hydrogen) atoms. The first-order valence-electron chi connectivity index (χ1n) is 13.1. The Morgan fingerprint density at radius 2 is 1.66 bits per heavy atom. The summed E-state index contributed by atoms with van der Waals surface area (Å²) in [5.41, 5.74) is 2.79. The van der Waals surface area contributed by atoms with Crippen molar-refractivity contribution in [3.63, 3.8) is 0 Å². The van der Waals surface area contributed by atoms with E-state index in [9.17, 15) is 14.0 Å². The number of benzene rings is 2. The van der Waals surface area contributed by atoms with E-state index in [4.69, 9.17) is 4.98 Å². The monoisotopic (exact) mass is 518 g/mol. The Balaban J connectivity index is 1.34. The summed E-state index contributed by atoms with van der Waals surface area (Å²) in [4.78, 5) is 36.7. The van der Waals surface area contributed by atoms with E-state index in [1.54, 1.807) is 29.8 Å². The van der Waals surface area contributed by atoms with Gasteiger partial charge < -0.3 is 4.90 Å². The highest BCUT2D eigenvalue weighted by molar-refractivity contribution is 5.74. The van der Waals surface area contributed by atoms with E-state index in [2.05, 4.69) is 59.8 Å². The average molecular weight is 519 g/mol. The van der Waals surface area contributed by atoms with Crippen LogP contribution in [-0.4, -0.2) is 56.7 Å². The minimum absolute atomic E-state index is 0.143. The first kappa shape index (κ1) is 25.9. The fourth-order valence-corrected chi connectivity index (χ4v) is 5.04. The summed E-state index contributed by atoms with van der Waals surface area (Å²) in [7, 11) is 1.58. The summed E-state index contributed by atoms with van der Waals surface area (Å²) >= 11 is 0. The predicted octanol–water partition coefficient (Wildman–Crippen LogP) is 3.27. The van der Waals surface area contributed by atoms with Gasteiger partial charge in [0.15, 0.2) is 11.2 Å². The Bertz CT molecular complexity index is 1550. The van der Waals surface area contributed by atoms with Gasteiger partial charge in [0.05, 0.1) is 6.54 Å². The summed E-state index contributed by atoms with van der Waals surface area (Å²) in [6.07, 6.45) is 0.980. The smallest absolute Gasteiger partial charge is 0.329 e. The Kier molecular flexibility index (Phi) is 6.96. The third-order valence-electron chi connectivity index (χ3n) is 7.47. The zero-order chi connectivity index (χ0) is 27.0. The lowest BCUT2D eigenvalue weighted by molar-refractivity contribution is 0.259. The Hall–Kier alpha value is -3.72. The molecule has 0 aliphatic carbocycles. The number of anilines is 1. The van der Waals surface area contributed by atoms with Gasteiger partial charge in [-0.25, -0.2) is 9.18 Å². The maximum atomic E-state index is 14.6. The van der Waals surface area contributed by atoms with Gasteiger partial charge in [0.1, 0.15) is 5.82 Å². The maximum absolute atomic E-state index is 14.6. The van der Waals surface area contributed by atoms with Gasteiger partial charge in [-0.1, -0.05) is 63.2 Å². The number of aromatic nitrogens is 4. The highest BCUT2D eigenvalue weighted by Gasteiger charge is 2.25. The largest absolute Gasteiger partial charge is 0.340 e. The second-order valence-electron chi connectivity index (χ2n) is 11.1. The highest BCUT2D eigenvalue weighted by atomic mass is 19.1. The van der Waals surface area contributed by atoms with Crippen molar-refractivity contribution in [2.45, 2.75) is 39.2 Å². The molecule has 9 heteroatoms. The van der Waals surface area contributed by atoms with E-state index in [1.165, 1.54) is 21.8 Å². The summed E-state index contributed by atoms with van der Waals surface area (Å²) in [6.45, 7) is 10.9. The number of aryl methyl sites for hydroxylation is 1. The minimum atomic E-state index is -0.523. The number of halogens is 1. The fraction of sp³-hybridized carbons (Fsp3) is 0.414. The van der Waals surface area contributed by atoms with Crippen molar-refractivity contribution in [3.05, 3.63) is 91.9 Å². The molecule has 0 amide bonds. The van der Waals surface area contributed by atoms with Crippen LogP contribution in [0.25, 0.3) is 11.2 Å². The van der Waals surface area contributed by atoms with Crippen molar-refractivity contribution in [2.75, 3.05) is 37.6 Å². The zero-order valence-electron chi connectivity index (χ0n) is 22.5. The van der Waals surface area contributed by atoms with Crippen LogP contribution in [-0.2, 0) is 25.4 Å². The zero-order valence-corrected chi connectivity index (χ0v) is 22.5. The van der Waals surface area contributed by atoms with Crippen LogP contribution >= 0.6 is 0 Å². The van der Waals surface area contributed by atoms with Crippen molar-refractivity contribution in [1.82, 2.24) is 24.0 Å². The number of H-pyrrole nitrogens is 1. The molecule has 2 aromatic heterocycles. The van der Waals surface area contributed by atoms with Gasteiger partial charge in [0.25, 0.3) is 5.56 Å². The summed E-state index contributed by atoms with van der Waals surface area (Å²) in [5.74, 6) is 0.231. The molecule has 0 atom stereocenters. The van der Waals surface area contributed by atoms with Gasteiger partial charge in [-0.2, -0.15) is 4.98 Å². The van der Waals surface area contributed by atoms with E-state index in [0.717, 1.165) is 39.1 Å². The molecule has 0 saturated carbocycles. The standard InChI is InChI=1S/C29H35FN6O2/c1-29(2,3)22-11-9-20(10-12-22)13-14-34-15-17-35(18-16-34)27-31-25-24(26(37)32-28(38)33(25)4)36(27)19-21-7-5-6-8-23(21)30/h5-12H,13-19H2,1-4H3,(H,32,37,38). The Labute approximate surface area is 221 Å². The van der Waals surface area contributed by atoms with Gasteiger partial charge in [-0.3, -0.25) is 23.8 Å². The van der Waals surface area contributed by atoms with Gasteiger partial charge in [0, 0.05) is 45.3 Å². The summed E-state index contributed by atoms with van der Waals surface area (Å²) in [6, 6.07) is 15.4. The molecule has 1 fully saturated rings. The molecule has 1 N–H and O–H groups in total. The van der Waals surface area contributed by atoms with Crippen molar-refractivity contribution < 1.29 is 4.39 Å². The van der Waals surface area contributed by atoms with Crippen molar-refractivity contribution >= 4 is 17.1 Å². The van der Waals surface area contributed by atoms with E-state index in [0.29, 0.717) is 17.2 Å². The molecule has 5 rings (SSSR count). The van der Waals surface area contributed by atoms with Gasteiger partial charge >= 0.3 is 5.69 Å². The van der Waals surface area contributed by atoms with Crippen molar-refractivity contribution in [1.29, 1.82) is 0 Å². The molecule has 0 radical (unpaired) electrons. The lowest BCUT2D eigenvalue weighted by Crippen LogP contribution is -2.47. The van der Waals surface area contributed by atoms with Crippen LogP contribution in [0.3, 0.4) is 0 Å². The molecule has 3 heterocycles. The number of hydrogen-bond donors (Lipinski definition) is 1. The van der Waals surface area contributed by atoms with Gasteiger partial charge in [-0.05, 0) is 29.0 Å². The number of imidazole rings is 1. The molecule has 2 aromatic carbocycles. The molecule has 0 unspecified atom stereocenters. The SMILES string of the molecule is Cn1c(=O)[nH]c(=O)c2c1nc(N1CCN(CCc3ccc(C(C)(C)C)cc3)CC1)n2Cc1ccccc1F. The molecule has 0 spiro atoms. The van der Waals surface area contributed by atoms with Crippen LogP contribution in [0.15, 0.2) is 58.1 Å². The topological polar surface area (TPSA) is 79.2 Å². The quantitative estimate of drug-likeness (QED) is 0.424. The highest BCUT2D eigenvalue weighted by Crippen LogP contribution is 2.24. The minimum Gasteiger partial charge on any atom is -0.340 e. The van der Waals surface area contributed by atoms with Crippen molar-refractivity contribution in [3.8, 4) is 0 Å². The van der Waals surface area contributed by atoms with Crippen LogP contribution in [0, 0.1) is 5.82 Å². The molecule has 1 aliphatic rings. The van der Waals surface area contributed by atoms with Crippen molar-refractivity contribution in [2.24, 2.45) is 7.05 Å². The normalized spacial score (nSPS) is 14.9. The van der Waals surface area contributed by atoms with Gasteiger partial charge in [0.2, 0.25) is 5.95 Å². The number of hydrogen-bond acceptors (Lipinski definition) is 5. The third-order valence-corrected chi connectivity index (χ3v) is 7.47. The first-order chi connectivity index (χ1) is 18.1. The van der Waals surface area contributed by atoms with Crippen LogP contribution in [0.5, 0.6) is 0 Å². The lowest BCUT2D eigenvalue weighted by Gasteiger charge is -2.35. The number of nitrogens with one attached hydrogen (secondary N) is 1. The molecular weight excluding hydrogens is 483 g/mol. The number of piperazine rings is 1. The summed E-state index contributed by atoms with van der Waals surface area (Å²) < 4.78 is 17.6. The van der Waals surface area contributed by atoms with Crippen LogP contribution in [0.1, 0.15) is 37.5 Å². The van der Waals surface area contributed by atoms with Crippen LogP contribution < -0.4 is 16.1 Å². The maximum Gasteiger partial charge on any atom is 0.329 e. The second kappa shape index (κ2) is 10.2. The molecule has 8 nitrogen and oxygen atoms in total. The predicted molar refractivity (Wildman–Crippen MR) is 149 cm³/mol. The van der Waals surface area contributed by atoms with Crippen LogP contribution in [0.2, 0.25) is 0 Å². The van der Waals surface area contributed by atoms with Gasteiger partial charge in [-0.15, -0.1) is 0 Å². The third kappa shape index (κ3) is 5.15. The van der Waals surface area contributed by atoms with E-state index >= 15 is 0 Å². The Morgan fingerprint density at radius 3 is 2.32 bits per heavy atom. The summed E-state index contributed by atoms with van der Waals surface area (Å²) in [5, 5.41) is 0. The molecule has 4 aromatic rings. The number of aromatic amines is 1. The lowest BCUT2D eigenvalue weighted by atomic mass is 9.86. The molecule has 1 saturated heterocycles. The Morgan fingerprint density at radius 1 is 0.974 bits per heavy atom. The number of rotatable bonds is 6. The second-order valence-corrected chi connectivity index (χ2v) is 11.1. The fourth-order valence-electron chi connectivity index (χ4n) is 5.04. The van der Waals surface area contributed by atoms with Crippen LogP contribution in [0.4, 0.5) is 10.3 Å². The molecule has 0 bridgehead atoms. The molecule has 200 valence electrons. The van der Waals surface area contributed by atoms with E-state index in [-0.39, 0.29) is 23.3 Å².